The Kier molecular flexibility index (Phi) is 2.08. The zero-order valence-electron chi connectivity index (χ0n) is 9.46. The molecule has 0 saturated carbocycles. The van der Waals surface area contributed by atoms with Crippen LogP contribution in [0.2, 0.25) is 0 Å². The Balaban J connectivity index is 2.30. The van der Waals surface area contributed by atoms with Crippen molar-refractivity contribution in [2.75, 3.05) is 5.73 Å². The summed E-state index contributed by atoms with van der Waals surface area (Å²) in [7, 11) is 0. The third-order valence-electron chi connectivity index (χ3n) is 2.84. The molecular weight excluding hydrogens is 212 g/mol. The maximum absolute atomic E-state index is 5.67. The highest BCUT2D eigenvalue weighted by molar-refractivity contribution is 5.67. The molecule has 3 aromatic heterocycles. The Morgan fingerprint density at radius 2 is 2.12 bits per heavy atom. The van der Waals surface area contributed by atoms with Crippen molar-refractivity contribution < 1.29 is 0 Å². The van der Waals surface area contributed by atoms with E-state index in [4.69, 9.17) is 5.73 Å². The van der Waals surface area contributed by atoms with Gasteiger partial charge in [0.25, 0.3) is 0 Å². The molecule has 0 aromatic carbocycles. The predicted molar refractivity (Wildman–Crippen MR) is 67.6 cm³/mol. The van der Waals surface area contributed by atoms with Crippen molar-refractivity contribution in [1.82, 2.24) is 14.4 Å². The smallest absolute Gasteiger partial charge is 0.137 e. The molecule has 0 aliphatic rings. The average Bonchev–Trinajstić information content (AvgIpc) is 2.77. The molecule has 0 unspecified atom stereocenters. The van der Waals surface area contributed by atoms with E-state index >= 15 is 0 Å². The van der Waals surface area contributed by atoms with Gasteiger partial charge in [-0.25, -0.2) is 9.97 Å². The van der Waals surface area contributed by atoms with Crippen LogP contribution in [0.3, 0.4) is 0 Å². The fourth-order valence-electron chi connectivity index (χ4n) is 2.01. The van der Waals surface area contributed by atoms with Gasteiger partial charge in [-0.15, -0.1) is 0 Å². The van der Waals surface area contributed by atoms with Gasteiger partial charge in [0, 0.05) is 24.2 Å². The van der Waals surface area contributed by atoms with Crippen LogP contribution < -0.4 is 5.73 Å². The minimum atomic E-state index is 0.545. The number of imidazole rings is 1. The summed E-state index contributed by atoms with van der Waals surface area (Å²) in [6.07, 6.45) is 5.54. The summed E-state index contributed by atoms with van der Waals surface area (Å²) >= 11 is 0. The average molecular weight is 224 g/mol. The molecule has 3 aromatic rings. The van der Waals surface area contributed by atoms with Gasteiger partial charge >= 0.3 is 0 Å². The van der Waals surface area contributed by atoms with E-state index in [9.17, 15) is 0 Å². The van der Waals surface area contributed by atoms with Gasteiger partial charge < -0.3 is 5.73 Å². The van der Waals surface area contributed by atoms with Crippen molar-refractivity contribution in [2.24, 2.45) is 0 Å². The van der Waals surface area contributed by atoms with E-state index in [1.54, 1.807) is 12.4 Å². The summed E-state index contributed by atoms with van der Waals surface area (Å²) < 4.78 is 2.04. The second-order valence-corrected chi connectivity index (χ2v) is 3.99. The molecule has 17 heavy (non-hydrogen) atoms. The standard InChI is InChI=1S/C13H12N4/c1-9-7-12(14)16-8-10(9)11-3-2-4-13-15-5-6-17(11)13/h2-8H,1H3,(H2,14,16). The Labute approximate surface area is 98.8 Å². The molecule has 4 heteroatoms. The lowest BCUT2D eigenvalue weighted by Crippen LogP contribution is -1.96. The number of hydrogen-bond donors (Lipinski definition) is 1. The maximum atomic E-state index is 5.67. The molecule has 0 fully saturated rings. The first-order chi connectivity index (χ1) is 8.25. The first-order valence-electron chi connectivity index (χ1n) is 5.40. The van der Waals surface area contributed by atoms with Gasteiger partial charge in [-0.3, -0.25) is 4.40 Å². The summed E-state index contributed by atoms with van der Waals surface area (Å²) in [5, 5.41) is 0. The van der Waals surface area contributed by atoms with Crippen LogP contribution in [-0.4, -0.2) is 14.4 Å². The number of aryl methyl sites for hydroxylation is 1. The Morgan fingerprint density at radius 1 is 1.24 bits per heavy atom. The van der Waals surface area contributed by atoms with Crippen LogP contribution in [0, 0.1) is 6.92 Å². The molecule has 84 valence electrons. The van der Waals surface area contributed by atoms with Crippen molar-refractivity contribution in [2.45, 2.75) is 6.92 Å². The number of pyridine rings is 2. The molecule has 0 radical (unpaired) electrons. The summed E-state index contributed by atoms with van der Waals surface area (Å²) in [6.45, 7) is 2.03. The molecule has 4 nitrogen and oxygen atoms in total. The van der Waals surface area contributed by atoms with Crippen molar-refractivity contribution in [1.29, 1.82) is 0 Å². The fourth-order valence-corrected chi connectivity index (χ4v) is 2.01. The zero-order chi connectivity index (χ0) is 11.8. The number of nitrogens with two attached hydrogens (primary N) is 1. The van der Waals surface area contributed by atoms with E-state index in [0.717, 1.165) is 22.5 Å². The summed E-state index contributed by atoms with van der Waals surface area (Å²) in [5.74, 6) is 0.545. The van der Waals surface area contributed by atoms with E-state index in [1.807, 2.05) is 35.7 Å². The number of aromatic nitrogens is 3. The van der Waals surface area contributed by atoms with Crippen LogP contribution >= 0.6 is 0 Å². The van der Waals surface area contributed by atoms with Gasteiger partial charge in [-0.1, -0.05) is 6.07 Å². The van der Waals surface area contributed by atoms with Gasteiger partial charge in [0.05, 0.1) is 5.69 Å². The topological polar surface area (TPSA) is 56.2 Å². The highest BCUT2D eigenvalue weighted by Crippen LogP contribution is 2.24. The first kappa shape index (κ1) is 9.84. The number of hydrogen-bond acceptors (Lipinski definition) is 3. The number of nitrogen functional groups attached to an aromatic ring is 1. The van der Waals surface area contributed by atoms with Crippen LogP contribution in [0.1, 0.15) is 5.56 Å². The van der Waals surface area contributed by atoms with Crippen molar-refractivity contribution >= 4 is 11.5 Å². The minimum Gasteiger partial charge on any atom is -0.384 e. The highest BCUT2D eigenvalue weighted by atomic mass is 15.0. The van der Waals surface area contributed by atoms with E-state index in [1.165, 1.54) is 0 Å². The molecule has 0 amide bonds. The lowest BCUT2D eigenvalue weighted by molar-refractivity contribution is 1.17. The Bertz CT molecular complexity index is 685. The Hall–Kier alpha value is -2.36. The largest absolute Gasteiger partial charge is 0.384 e. The SMILES string of the molecule is Cc1cc(N)ncc1-c1cccc2nccn12. The van der Waals surface area contributed by atoms with Gasteiger partial charge in [-0.05, 0) is 30.7 Å². The number of fused-ring (bicyclic) bond motifs is 1. The van der Waals surface area contributed by atoms with Gasteiger partial charge in [0.2, 0.25) is 0 Å². The Morgan fingerprint density at radius 3 is 2.94 bits per heavy atom. The van der Waals surface area contributed by atoms with Crippen LogP contribution in [0.15, 0.2) is 42.9 Å². The van der Waals surface area contributed by atoms with Crippen molar-refractivity contribution in [3.8, 4) is 11.3 Å². The molecule has 0 aliphatic carbocycles. The minimum absolute atomic E-state index is 0.545. The number of nitrogens with zero attached hydrogens (tertiary/aromatic N) is 3. The van der Waals surface area contributed by atoms with Crippen LogP contribution in [-0.2, 0) is 0 Å². The third-order valence-corrected chi connectivity index (χ3v) is 2.84. The van der Waals surface area contributed by atoms with Crippen molar-refractivity contribution in [3.63, 3.8) is 0 Å². The first-order valence-corrected chi connectivity index (χ1v) is 5.40. The van der Waals surface area contributed by atoms with E-state index < -0.39 is 0 Å². The monoisotopic (exact) mass is 224 g/mol. The molecular formula is C13H12N4. The van der Waals surface area contributed by atoms with Gasteiger partial charge in [0.1, 0.15) is 11.5 Å². The molecule has 2 N–H and O–H groups in total. The second kappa shape index (κ2) is 3.59. The number of anilines is 1. The fraction of sp³-hybridized carbons (Fsp3) is 0.0769. The van der Waals surface area contributed by atoms with Crippen LogP contribution in [0.5, 0.6) is 0 Å². The summed E-state index contributed by atoms with van der Waals surface area (Å²) in [4.78, 5) is 8.42. The van der Waals surface area contributed by atoms with Crippen LogP contribution in [0.25, 0.3) is 16.9 Å². The molecule has 0 bridgehead atoms. The maximum Gasteiger partial charge on any atom is 0.137 e. The predicted octanol–water partition coefficient (Wildman–Crippen LogP) is 2.29. The van der Waals surface area contributed by atoms with Crippen molar-refractivity contribution in [3.05, 3.63) is 48.4 Å². The molecule has 3 heterocycles. The quantitative estimate of drug-likeness (QED) is 0.690. The van der Waals surface area contributed by atoms with Gasteiger partial charge in [0.15, 0.2) is 0 Å². The lowest BCUT2D eigenvalue weighted by Gasteiger charge is -2.08. The molecule has 0 aliphatic heterocycles. The molecule has 0 spiro atoms. The zero-order valence-corrected chi connectivity index (χ0v) is 9.46. The summed E-state index contributed by atoms with van der Waals surface area (Å²) in [5.41, 5.74) is 9.85. The van der Waals surface area contributed by atoms with Crippen LogP contribution in [0.4, 0.5) is 5.82 Å². The van der Waals surface area contributed by atoms with Gasteiger partial charge in [-0.2, -0.15) is 0 Å². The third kappa shape index (κ3) is 1.54. The molecule has 3 rings (SSSR count). The lowest BCUT2D eigenvalue weighted by atomic mass is 10.1. The van der Waals surface area contributed by atoms with E-state index in [2.05, 4.69) is 16.0 Å². The summed E-state index contributed by atoms with van der Waals surface area (Å²) in [6, 6.07) is 7.90. The van der Waals surface area contributed by atoms with E-state index in [-0.39, 0.29) is 0 Å². The highest BCUT2D eigenvalue weighted by Gasteiger charge is 2.07. The molecule has 0 saturated heterocycles. The number of rotatable bonds is 1. The second-order valence-electron chi connectivity index (χ2n) is 3.99. The molecule has 0 atom stereocenters. The normalized spacial score (nSPS) is 10.9. The van der Waals surface area contributed by atoms with E-state index in [0.29, 0.717) is 5.82 Å².